The van der Waals surface area contributed by atoms with Gasteiger partial charge in [0.1, 0.15) is 0 Å². The first kappa shape index (κ1) is 19.8. The van der Waals surface area contributed by atoms with E-state index in [1.165, 1.54) is 30.5 Å². The highest BCUT2D eigenvalue weighted by molar-refractivity contribution is 5.73. The maximum absolute atomic E-state index is 9.03. The van der Waals surface area contributed by atoms with Gasteiger partial charge in [0, 0.05) is 18.8 Å². The molecule has 0 spiro atoms. The molecule has 0 heterocycles. The Kier molecular flexibility index (Phi) is 8.65. The number of hydrogen-bond acceptors (Lipinski definition) is 2. The van der Waals surface area contributed by atoms with Crippen LogP contribution < -0.4 is 0 Å². The zero-order valence-corrected chi connectivity index (χ0v) is 15.6. The van der Waals surface area contributed by atoms with E-state index in [-0.39, 0.29) is 0 Å². The predicted molar refractivity (Wildman–Crippen MR) is 104 cm³/mol. The van der Waals surface area contributed by atoms with Crippen LogP contribution in [0.4, 0.5) is 0 Å². The summed E-state index contributed by atoms with van der Waals surface area (Å²) in [6.07, 6.45) is 7.95. The Balaban J connectivity index is 2.91. The molecule has 0 amide bonds. The number of likely N-dealkylation sites (N-methyl/N-ethyl adjacent to an activating group) is 1. The summed E-state index contributed by atoms with van der Waals surface area (Å²) in [6, 6.07) is 9.77. The van der Waals surface area contributed by atoms with Crippen LogP contribution in [0.2, 0.25) is 0 Å². The molecule has 0 aliphatic rings. The first-order chi connectivity index (χ1) is 11.5. The molecule has 0 N–H and O–H groups in total. The van der Waals surface area contributed by atoms with Crippen molar-refractivity contribution in [1.82, 2.24) is 4.90 Å². The van der Waals surface area contributed by atoms with Crippen molar-refractivity contribution in [3.8, 4) is 6.07 Å². The van der Waals surface area contributed by atoms with Crippen LogP contribution in [-0.2, 0) is 0 Å². The van der Waals surface area contributed by atoms with Crippen molar-refractivity contribution in [2.75, 3.05) is 13.1 Å². The maximum atomic E-state index is 9.03. The summed E-state index contributed by atoms with van der Waals surface area (Å²) in [5, 5.41) is 9.03. The largest absolute Gasteiger partial charge is 0.372 e. The van der Waals surface area contributed by atoms with Gasteiger partial charge in [0.25, 0.3) is 0 Å². The zero-order valence-electron chi connectivity index (χ0n) is 15.6. The molecular weight excluding hydrogens is 292 g/mol. The second kappa shape index (κ2) is 10.5. The van der Waals surface area contributed by atoms with E-state index in [2.05, 4.69) is 57.4 Å². The van der Waals surface area contributed by atoms with Crippen LogP contribution in [0.25, 0.3) is 5.57 Å². The third-order valence-electron chi connectivity index (χ3n) is 4.07. The minimum Gasteiger partial charge on any atom is -0.372 e. The zero-order chi connectivity index (χ0) is 17.9. The fourth-order valence-corrected chi connectivity index (χ4v) is 2.65. The second-order valence-corrected chi connectivity index (χ2v) is 6.22. The number of nitriles is 1. The van der Waals surface area contributed by atoms with Gasteiger partial charge < -0.3 is 4.90 Å². The van der Waals surface area contributed by atoms with Crippen LogP contribution in [-0.4, -0.2) is 18.0 Å². The monoisotopic (exact) mass is 322 g/mol. The van der Waals surface area contributed by atoms with Gasteiger partial charge in [0.15, 0.2) is 0 Å². The molecule has 1 rings (SSSR count). The van der Waals surface area contributed by atoms with Crippen LogP contribution in [0.5, 0.6) is 0 Å². The van der Waals surface area contributed by atoms with Gasteiger partial charge in [-0.2, -0.15) is 5.26 Å². The average molecular weight is 322 g/mol. The van der Waals surface area contributed by atoms with Gasteiger partial charge in [0.05, 0.1) is 11.6 Å². The molecular formula is C22H30N2. The fraction of sp³-hybridized carbons (Fsp3) is 0.409. The number of nitrogens with zero attached hydrogens (tertiary/aromatic N) is 2. The Labute approximate surface area is 147 Å². The Morgan fingerprint density at radius 3 is 2.54 bits per heavy atom. The highest BCUT2D eigenvalue weighted by Gasteiger charge is 2.07. The van der Waals surface area contributed by atoms with Crippen LogP contribution >= 0.6 is 0 Å². The van der Waals surface area contributed by atoms with Crippen molar-refractivity contribution < 1.29 is 0 Å². The van der Waals surface area contributed by atoms with Gasteiger partial charge in [-0.25, -0.2) is 0 Å². The second-order valence-electron chi connectivity index (χ2n) is 6.22. The molecule has 0 saturated heterocycles. The minimum absolute atomic E-state index is 0.666. The maximum Gasteiger partial charge on any atom is 0.0991 e. The van der Waals surface area contributed by atoms with Gasteiger partial charge in [-0.15, -0.1) is 0 Å². The molecule has 2 nitrogen and oxygen atoms in total. The lowest BCUT2D eigenvalue weighted by Gasteiger charge is -2.25. The molecule has 1 aromatic rings. The molecule has 1 aromatic carbocycles. The third-order valence-corrected chi connectivity index (χ3v) is 4.07. The van der Waals surface area contributed by atoms with Crippen molar-refractivity contribution in [2.45, 2.75) is 47.0 Å². The number of unbranched alkanes of at least 4 members (excludes halogenated alkanes) is 2. The molecule has 24 heavy (non-hydrogen) atoms. The van der Waals surface area contributed by atoms with Gasteiger partial charge in [-0.05, 0) is 56.5 Å². The van der Waals surface area contributed by atoms with E-state index < -0.39 is 0 Å². The summed E-state index contributed by atoms with van der Waals surface area (Å²) in [5.74, 6) is 0. The van der Waals surface area contributed by atoms with Crippen LogP contribution in [0.3, 0.4) is 0 Å². The van der Waals surface area contributed by atoms with Gasteiger partial charge >= 0.3 is 0 Å². The molecule has 0 radical (unpaired) electrons. The number of rotatable bonds is 9. The molecule has 2 heteroatoms. The summed E-state index contributed by atoms with van der Waals surface area (Å²) in [6.45, 7) is 15.0. The Morgan fingerprint density at radius 2 is 1.96 bits per heavy atom. The van der Waals surface area contributed by atoms with Crippen molar-refractivity contribution in [1.29, 1.82) is 5.26 Å². The third kappa shape index (κ3) is 6.08. The molecule has 128 valence electrons. The predicted octanol–water partition coefficient (Wildman–Crippen LogP) is 5.93. The standard InChI is InChI=1S/C22H30N2/c1-6-8-9-15-24(7-2)22(18(3)4)14-13-19(5)21-12-10-11-20(16-21)17-23/h10-14,16H,5-9,15H2,1-4H3/b14-13-. The molecule has 0 bridgehead atoms. The first-order valence-corrected chi connectivity index (χ1v) is 8.83. The van der Waals surface area contributed by atoms with Crippen molar-refractivity contribution in [2.24, 2.45) is 0 Å². The van der Waals surface area contributed by atoms with Gasteiger partial charge in [-0.3, -0.25) is 0 Å². The Morgan fingerprint density at radius 1 is 1.21 bits per heavy atom. The summed E-state index contributed by atoms with van der Waals surface area (Å²) < 4.78 is 0. The summed E-state index contributed by atoms with van der Waals surface area (Å²) in [4.78, 5) is 2.43. The first-order valence-electron chi connectivity index (χ1n) is 8.83. The normalized spacial score (nSPS) is 10.5. The number of allylic oxidation sites excluding steroid dienone is 4. The molecule has 0 unspecified atom stereocenters. The molecule has 0 saturated carbocycles. The van der Waals surface area contributed by atoms with E-state index in [1.807, 2.05) is 24.3 Å². The summed E-state index contributed by atoms with van der Waals surface area (Å²) in [7, 11) is 0. The molecule has 0 aliphatic carbocycles. The summed E-state index contributed by atoms with van der Waals surface area (Å²) >= 11 is 0. The van der Waals surface area contributed by atoms with Gasteiger partial charge in [-0.1, -0.05) is 50.1 Å². The average Bonchev–Trinajstić information content (AvgIpc) is 2.59. The van der Waals surface area contributed by atoms with E-state index in [0.717, 1.165) is 24.2 Å². The smallest absolute Gasteiger partial charge is 0.0991 e. The minimum atomic E-state index is 0.666. The Bertz CT molecular complexity index is 640. The highest BCUT2D eigenvalue weighted by atomic mass is 15.1. The number of hydrogen-bond donors (Lipinski definition) is 0. The SMILES string of the molecule is C=C(/C=C\C(=C(C)C)N(CC)CCCCC)c1cccc(C#N)c1. The lowest BCUT2D eigenvalue weighted by atomic mass is 10.0. The fourth-order valence-electron chi connectivity index (χ4n) is 2.65. The van der Waals surface area contributed by atoms with E-state index in [4.69, 9.17) is 5.26 Å². The molecule has 0 aromatic heterocycles. The van der Waals surface area contributed by atoms with E-state index >= 15 is 0 Å². The Hall–Kier alpha value is -2.27. The van der Waals surface area contributed by atoms with Crippen LogP contribution in [0.15, 0.2) is 54.3 Å². The van der Waals surface area contributed by atoms with Crippen molar-refractivity contribution in [3.63, 3.8) is 0 Å². The van der Waals surface area contributed by atoms with Crippen molar-refractivity contribution >= 4 is 5.57 Å². The topological polar surface area (TPSA) is 27.0 Å². The quantitative estimate of drug-likeness (QED) is 0.416. The van der Waals surface area contributed by atoms with Crippen LogP contribution in [0, 0.1) is 11.3 Å². The van der Waals surface area contributed by atoms with E-state index in [1.54, 1.807) is 0 Å². The van der Waals surface area contributed by atoms with Gasteiger partial charge in [0.2, 0.25) is 0 Å². The number of benzene rings is 1. The summed E-state index contributed by atoms with van der Waals surface area (Å²) in [5.41, 5.74) is 5.16. The molecule has 0 atom stereocenters. The molecule has 0 aliphatic heterocycles. The van der Waals surface area contributed by atoms with E-state index in [0.29, 0.717) is 5.56 Å². The van der Waals surface area contributed by atoms with E-state index in [9.17, 15) is 0 Å². The van der Waals surface area contributed by atoms with Crippen molar-refractivity contribution in [3.05, 3.63) is 65.4 Å². The highest BCUT2D eigenvalue weighted by Crippen LogP contribution is 2.19. The lowest BCUT2D eigenvalue weighted by Crippen LogP contribution is -2.24. The molecule has 0 fully saturated rings. The van der Waals surface area contributed by atoms with Crippen LogP contribution in [0.1, 0.15) is 58.1 Å². The lowest BCUT2D eigenvalue weighted by molar-refractivity contribution is 0.358.